The first-order chi connectivity index (χ1) is 14.5. The van der Waals surface area contributed by atoms with E-state index >= 15 is 0 Å². The van der Waals surface area contributed by atoms with Crippen molar-refractivity contribution in [3.63, 3.8) is 0 Å². The van der Waals surface area contributed by atoms with Crippen LogP contribution in [0.15, 0.2) is 62.9 Å². The monoisotopic (exact) mass is 448 g/mol. The van der Waals surface area contributed by atoms with Gasteiger partial charge in [-0.2, -0.15) is 4.98 Å². The maximum atomic E-state index is 13.3. The molecular formula is C21H21ClN2O5S. The van der Waals surface area contributed by atoms with Crippen molar-refractivity contribution >= 4 is 27.3 Å². The van der Waals surface area contributed by atoms with E-state index in [0.717, 1.165) is 5.75 Å². The first kappa shape index (κ1) is 20.7. The van der Waals surface area contributed by atoms with Crippen molar-refractivity contribution in [3.8, 4) is 17.2 Å². The summed E-state index contributed by atoms with van der Waals surface area (Å²) in [6, 6.07) is 13.2. The molecule has 0 N–H and O–H groups in total. The molecular weight excluding hydrogens is 428 g/mol. The lowest BCUT2D eigenvalue weighted by Gasteiger charge is -2.26. The van der Waals surface area contributed by atoms with Gasteiger partial charge in [0.2, 0.25) is 26.6 Å². The van der Waals surface area contributed by atoms with Crippen LogP contribution in [0.1, 0.15) is 6.92 Å². The van der Waals surface area contributed by atoms with Crippen molar-refractivity contribution in [3.05, 3.63) is 53.6 Å². The Morgan fingerprint density at radius 3 is 2.37 bits per heavy atom. The number of ether oxygens (including phenoxy) is 2. The summed E-state index contributed by atoms with van der Waals surface area (Å²) in [4.78, 5) is 6.34. The predicted octanol–water partition coefficient (Wildman–Crippen LogP) is 4.06. The summed E-state index contributed by atoms with van der Waals surface area (Å²) >= 11 is 5.92. The molecule has 9 heteroatoms. The highest BCUT2D eigenvalue weighted by molar-refractivity contribution is 7.91. The molecule has 0 spiro atoms. The number of aromatic nitrogens is 1. The highest BCUT2D eigenvalue weighted by Gasteiger charge is 2.32. The molecule has 0 unspecified atom stereocenters. The van der Waals surface area contributed by atoms with Crippen LogP contribution in [-0.4, -0.2) is 46.3 Å². The highest BCUT2D eigenvalue weighted by Crippen LogP contribution is 2.35. The summed E-state index contributed by atoms with van der Waals surface area (Å²) in [5.41, 5.74) is 0.658. The Labute approximate surface area is 180 Å². The number of halogens is 1. The van der Waals surface area contributed by atoms with Crippen LogP contribution in [0.4, 0.5) is 5.88 Å². The van der Waals surface area contributed by atoms with E-state index < -0.39 is 9.84 Å². The van der Waals surface area contributed by atoms with E-state index in [1.54, 1.807) is 24.3 Å². The van der Waals surface area contributed by atoms with Gasteiger partial charge in [0, 0.05) is 23.7 Å². The summed E-state index contributed by atoms with van der Waals surface area (Å²) in [6.45, 7) is 4.47. The van der Waals surface area contributed by atoms with E-state index in [1.807, 2.05) is 11.8 Å². The van der Waals surface area contributed by atoms with Crippen LogP contribution < -0.4 is 9.64 Å². The molecule has 158 valence electrons. The van der Waals surface area contributed by atoms with Gasteiger partial charge in [0.05, 0.1) is 24.7 Å². The summed E-state index contributed by atoms with van der Waals surface area (Å²) in [5, 5.41) is 0.341. The lowest BCUT2D eigenvalue weighted by molar-refractivity contribution is 0.120. The molecule has 0 radical (unpaired) electrons. The fraction of sp³-hybridized carbons (Fsp3) is 0.286. The lowest BCUT2D eigenvalue weighted by Crippen LogP contribution is -2.36. The largest absolute Gasteiger partial charge is 0.494 e. The second-order valence-electron chi connectivity index (χ2n) is 6.64. The van der Waals surface area contributed by atoms with Gasteiger partial charge < -0.3 is 18.8 Å². The molecule has 7 nitrogen and oxygen atoms in total. The van der Waals surface area contributed by atoms with E-state index in [2.05, 4.69) is 4.98 Å². The third-order valence-electron chi connectivity index (χ3n) is 4.67. The first-order valence-corrected chi connectivity index (χ1v) is 11.4. The van der Waals surface area contributed by atoms with Crippen molar-refractivity contribution < 1.29 is 22.3 Å². The van der Waals surface area contributed by atoms with Crippen LogP contribution in [0.5, 0.6) is 5.75 Å². The highest BCUT2D eigenvalue weighted by atomic mass is 35.5. The molecule has 30 heavy (non-hydrogen) atoms. The molecule has 3 aromatic rings. The molecule has 0 amide bonds. The zero-order chi connectivity index (χ0) is 21.1. The van der Waals surface area contributed by atoms with E-state index in [0.29, 0.717) is 43.5 Å². The molecule has 1 aliphatic rings. The second-order valence-corrected chi connectivity index (χ2v) is 8.94. The van der Waals surface area contributed by atoms with Crippen LogP contribution in [0.25, 0.3) is 11.5 Å². The molecule has 0 bridgehead atoms. The minimum Gasteiger partial charge on any atom is -0.494 e. The predicted molar refractivity (Wildman–Crippen MR) is 113 cm³/mol. The van der Waals surface area contributed by atoms with E-state index in [9.17, 15) is 8.42 Å². The van der Waals surface area contributed by atoms with Crippen LogP contribution in [0, 0.1) is 0 Å². The van der Waals surface area contributed by atoms with Crippen molar-refractivity contribution in [2.24, 2.45) is 0 Å². The van der Waals surface area contributed by atoms with E-state index in [4.69, 9.17) is 25.5 Å². The van der Waals surface area contributed by atoms with Gasteiger partial charge in [-0.1, -0.05) is 11.6 Å². The molecule has 1 aliphatic heterocycles. The van der Waals surface area contributed by atoms with Crippen LogP contribution in [-0.2, 0) is 14.6 Å². The number of rotatable bonds is 6. The Kier molecular flexibility index (Phi) is 5.99. The van der Waals surface area contributed by atoms with E-state index in [-0.39, 0.29) is 21.7 Å². The first-order valence-electron chi connectivity index (χ1n) is 9.56. The molecule has 1 saturated heterocycles. The lowest BCUT2D eigenvalue weighted by atomic mass is 10.2. The zero-order valence-corrected chi connectivity index (χ0v) is 17.9. The maximum Gasteiger partial charge on any atom is 0.236 e. The molecule has 0 atom stereocenters. The number of hydrogen-bond acceptors (Lipinski definition) is 7. The van der Waals surface area contributed by atoms with Crippen molar-refractivity contribution in [1.29, 1.82) is 0 Å². The van der Waals surface area contributed by atoms with Gasteiger partial charge in [0.1, 0.15) is 5.75 Å². The minimum atomic E-state index is -3.91. The zero-order valence-electron chi connectivity index (χ0n) is 16.4. The third-order valence-corrected chi connectivity index (χ3v) is 6.59. The molecule has 1 aromatic heterocycles. The molecule has 0 aliphatic carbocycles. The summed E-state index contributed by atoms with van der Waals surface area (Å²) in [7, 11) is -3.91. The average molecular weight is 449 g/mol. The topological polar surface area (TPSA) is 81.9 Å². The normalized spacial score (nSPS) is 14.7. The maximum absolute atomic E-state index is 13.3. The number of anilines is 1. The molecule has 0 saturated carbocycles. The van der Waals surface area contributed by atoms with Crippen molar-refractivity contribution in [1.82, 2.24) is 4.98 Å². The number of sulfone groups is 1. The van der Waals surface area contributed by atoms with Gasteiger partial charge in [-0.15, -0.1) is 0 Å². The molecule has 2 aromatic carbocycles. The van der Waals surface area contributed by atoms with Gasteiger partial charge in [-0.25, -0.2) is 8.42 Å². The molecule has 4 rings (SSSR count). The molecule has 1 fully saturated rings. The Hall–Kier alpha value is -2.55. The fourth-order valence-corrected chi connectivity index (χ4v) is 4.60. The Morgan fingerprint density at radius 1 is 1.07 bits per heavy atom. The average Bonchev–Trinajstić information content (AvgIpc) is 3.22. The Bertz CT molecular complexity index is 1110. The second kappa shape index (κ2) is 8.67. The van der Waals surface area contributed by atoms with E-state index in [1.165, 1.54) is 24.3 Å². The number of hydrogen-bond donors (Lipinski definition) is 0. The Morgan fingerprint density at radius 2 is 1.73 bits per heavy atom. The number of morpholine rings is 1. The number of nitrogens with zero attached hydrogens (tertiary/aromatic N) is 2. The van der Waals surface area contributed by atoms with Gasteiger partial charge in [0.15, 0.2) is 0 Å². The Balaban J connectivity index is 1.78. The number of oxazole rings is 1. The van der Waals surface area contributed by atoms with Gasteiger partial charge in [-0.05, 0) is 55.5 Å². The molecule has 2 heterocycles. The third kappa shape index (κ3) is 4.16. The number of benzene rings is 2. The SMILES string of the molecule is CCOc1ccc(-c2nc(S(=O)(=O)c3ccc(Cl)cc3)c(N3CCOCC3)o2)cc1. The standard InChI is InChI=1S/C21H21ClN2O5S/c1-2-28-17-7-3-15(4-8-17)19-23-20(21(29-19)24-11-13-27-14-12-24)30(25,26)18-9-5-16(22)6-10-18/h3-10H,2,11-14H2,1H3. The summed E-state index contributed by atoms with van der Waals surface area (Å²) in [5.74, 6) is 1.17. The van der Waals surface area contributed by atoms with Gasteiger partial charge in [0.25, 0.3) is 0 Å². The quantitative estimate of drug-likeness (QED) is 0.562. The van der Waals surface area contributed by atoms with Crippen molar-refractivity contribution in [2.75, 3.05) is 37.8 Å². The smallest absolute Gasteiger partial charge is 0.236 e. The van der Waals surface area contributed by atoms with Crippen molar-refractivity contribution in [2.45, 2.75) is 16.8 Å². The minimum absolute atomic E-state index is 0.105. The van der Waals surface area contributed by atoms with Gasteiger partial charge >= 0.3 is 0 Å². The summed E-state index contributed by atoms with van der Waals surface area (Å²) < 4.78 is 43.5. The fourth-order valence-electron chi connectivity index (χ4n) is 3.15. The van der Waals surface area contributed by atoms with Gasteiger partial charge in [-0.3, -0.25) is 0 Å². The van der Waals surface area contributed by atoms with Crippen LogP contribution in [0.2, 0.25) is 5.02 Å². The summed E-state index contributed by atoms with van der Waals surface area (Å²) in [6.07, 6.45) is 0. The van der Waals surface area contributed by atoms with Crippen LogP contribution >= 0.6 is 11.6 Å². The van der Waals surface area contributed by atoms with Crippen LogP contribution in [0.3, 0.4) is 0 Å².